The van der Waals surface area contributed by atoms with E-state index in [2.05, 4.69) is 4.72 Å². The van der Waals surface area contributed by atoms with Crippen molar-refractivity contribution in [1.29, 1.82) is 0 Å². The van der Waals surface area contributed by atoms with E-state index >= 15 is 0 Å². The first-order chi connectivity index (χ1) is 12.8. The fraction of sp³-hybridized carbons (Fsp3) is 0.400. The van der Waals surface area contributed by atoms with Gasteiger partial charge in [0.05, 0.1) is 11.0 Å². The number of aliphatic hydroxyl groups is 1. The van der Waals surface area contributed by atoms with Crippen LogP contribution in [0.4, 0.5) is 8.78 Å². The van der Waals surface area contributed by atoms with E-state index < -0.39 is 21.7 Å². The Labute approximate surface area is 157 Å². The molecule has 0 amide bonds. The number of hydrogen-bond donors (Lipinski definition) is 2. The standard InChI is InChI=1S/C20H21F2NO3S/c21-15-5-8-18(19(22)11-15)12-3-6-17(7-4-12)27(25,26)23-16-9-13-1-2-14(10-16)20(13)24/h3-8,11,13-14,16,20,23-24H,1-2,9-10H2/t13?,14?,16-,20-. The summed E-state index contributed by atoms with van der Waals surface area (Å²) < 4.78 is 55.1. The average molecular weight is 393 g/mol. The van der Waals surface area contributed by atoms with Crippen LogP contribution >= 0.6 is 0 Å². The largest absolute Gasteiger partial charge is 0.393 e. The van der Waals surface area contributed by atoms with Gasteiger partial charge in [-0.1, -0.05) is 12.1 Å². The molecule has 0 radical (unpaired) electrons. The molecule has 0 spiro atoms. The van der Waals surface area contributed by atoms with Crippen LogP contribution in [-0.2, 0) is 10.0 Å². The first-order valence-corrected chi connectivity index (χ1v) is 10.6. The summed E-state index contributed by atoms with van der Waals surface area (Å²) in [5.41, 5.74) is 0.691. The fourth-order valence-corrected chi connectivity index (χ4v) is 5.68. The van der Waals surface area contributed by atoms with E-state index in [0.717, 1.165) is 25.0 Å². The second-order valence-electron chi connectivity index (χ2n) is 7.53. The molecule has 0 saturated heterocycles. The summed E-state index contributed by atoms with van der Waals surface area (Å²) in [5.74, 6) is -1.02. The van der Waals surface area contributed by atoms with Gasteiger partial charge in [0.15, 0.2) is 0 Å². The number of hydrogen-bond acceptors (Lipinski definition) is 3. The molecule has 4 nitrogen and oxygen atoms in total. The molecule has 4 rings (SSSR count). The Morgan fingerprint density at radius 3 is 2.19 bits per heavy atom. The van der Waals surface area contributed by atoms with Crippen molar-refractivity contribution in [2.75, 3.05) is 0 Å². The van der Waals surface area contributed by atoms with Crippen LogP contribution < -0.4 is 4.72 Å². The normalized spacial score (nSPS) is 27.7. The molecule has 2 unspecified atom stereocenters. The Bertz CT molecular complexity index is 932. The monoisotopic (exact) mass is 393 g/mol. The molecule has 27 heavy (non-hydrogen) atoms. The molecule has 2 aliphatic carbocycles. The number of rotatable bonds is 4. The third-order valence-electron chi connectivity index (χ3n) is 5.78. The first kappa shape index (κ1) is 18.5. The number of halogens is 2. The van der Waals surface area contributed by atoms with E-state index in [1.807, 2.05) is 0 Å². The molecule has 2 saturated carbocycles. The number of nitrogens with one attached hydrogen (secondary N) is 1. The zero-order valence-corrected chi connectivity index (χ0v) is 15.4. The molecule has 2 aliphatic rings. The summed E-state index contributed by atoms with van der Waals surface area (Å²) in [5, 5.41) is 10.1. The van der Waals surface area contributed by atoms with Gasteiger partial charge in [0.1, 0.15) is 11.6 Å². The summed E-state index contributed by atoms with van der Waals surface area (Å²) in [7, 11) is -3.70. The van der Waals surface area contributed by atoms with Gasteiger partial charge < -0.3 is 5.11 Å². The highest BCUT2D eigenvalue weighted by Crippen LogP contribution is 2.42. The van der Waals surface area contributed by atoms with Gasteiger partial charge in [-0.15, -0.1) is 0 Å². The summed E-state index contributed by atoms with van der Waals surface area (Å²) in [6.45, 7) is 0. The predicted octanol–water partition coefficient (Wildman–Crippen LogP) is 3.46. The minimum Gasteiger partial charge on any atom is -0.393 e. The van der Waals surface area contributed by atoms with E-state index in [1.54, 1.807) is 0 Å². The molecule has 2 N–H and O–H groups in total. The lowest BCUT2D eigenvalue weighted by molar-refractivity contribution is 0.0508. The van der Waals surface area contributed by atoms with Crippen LogP contribution in [0.1, 0.15) is 25.7 Å². The van der Waals surface area contributed by atoms with Crippen molar-refractivity contribution in [3.8, 4) is 11.1 Å². The Hall–Kier alpha value is -1.83. The minimum atomic E-state index is -3.70. The topological polar surface area (TPSA) is 66.4 Å². The smallest absolute Gasteiger partial charge is 0.240 e. The van der Waals surface area contributed by atoms with Crippen molar-refractivity contribution in [3.63, 3.8) is 0 Å². The number of fused-ring (bicyclic) bond motifs is 2. The molecular formula is C20H21F2NO3S. The molecule has 0 aromatic heterocycles. The van der Waals surface area contributed by atoms with Crippen LogP contribution in [0.2, 0.25) is 0 Å². The zero-order valence-electron chi connectivity index (χ0n) is 14.6. The molecule has 0 heterocycles. The van der Waals surface area contributed by atoms with Gasteiger partial charge in [-0.05, 0) is 67.3 Å². The predicted molar refractivity (Wildman–Crippen MR) is 97.4 cm³/mol. The maximum atomic E-state index is 13.9. The molecule has 2 aromatic rings. The second-order valence-corrected chi connectivity index (χ2v) is 9.24. The lowest BCUT2D eigenvalue weighted by atomic mass is 9.83. The van der Waals surface area contributed by atoms with E-state index in [9.17, 15) is 22.3 Å². The Balaban J connectivity index is 1.51. The number of benzene rings is 2. The lowest BCUT2D eigenvalue weighted by Gasteiger charge is -2.32. The van der Waals surface area contributed by atoms with E-state index in [4.69, 9.17) is 0 Å². The Morgan fingerprint density at radius 2 is 1.59 bits per heavy atom. The van der Waals surface area contributed by atoms with Gasteiger partial charge in [0.2, 0.25) is 10.0 Å². The van der Waals surface area contributed by atoms with Crippen molar-refractivity contribution in [3.05, 3.63) is 54.1 Å². The lowest BCUT2D eigenvalue weighted by Crippen LogP contribution is -2.43. The maximum absolute atomic E-state index is 13.9. The quantitative estimate of drug-likeness (QED) is 0.836. The molecule has 0 aliphatic heterocycles. The Kier molecular flexibility index (Phi) is 4.78. The summed E-state index contributed by atoms with van der Waals surface area (Å²) >= 11 is 0. The van der Waals surface area contributed by atoms with Gasteiger partial charge >= 0.3 is 0 Å². The van der Waals surface area contributed by atoms with Crippen molar-refractivity contribution < 1.29 is 22.3 Å². The third kappa shape index (κ3) is 3.63. The first-order valence-electron chi connectivity index (χ1n) is 9.09. The fourth-order valence-electron chi connectivity index (χ4n) is 4.42. The van der Waals surface area contributed by atoms with Gasteiger partial charge in [-0.25, -0.2) is 21.9 Å². The zero-order chi connectivity index (χ0) is 19.2. The van der Waals surface area contributed by atoms with Crippen molar-refractivity contribution >= 4 is 10.0 Å². The van der Waals surface area contributed by atoms with Gasteiger partial charge in [-0.3, -0.25) is 0 Å². The molecule has 2 fully saturated rings. The highest BCUT2D eigenvalue weighted by atomic mass is 32.2. The second kappa shape index (κ2) is 6.96. The maximum Gasteiger partial charge on any atom is 0.240 e. The van der Waals surface area contributed by atoms with Crippen molar-refractivity contribution in [2.24, 2.45) is 11.8 Å². The number of aliphatic hydroxyl groups excluding tert-OH is 1. The van der Waals surface area contributed by atoms with Crippen molar-refractivity contribution in [1.82, 2.24) is 4.72 Å². The molecule has 2 bridgehead atoms. The van der Waals surface area contributed by atoms with Gasteiger partial charge in [0, 0.05) is 17.7 Å². The SMILES string of the molecule is O=S(=O)(N[C@H]1CC2CCC(C1)[C@H]2O)c1ccc(-c2ccc(F)cc2F)cc1. The Morgan fingerprint density at radius 1 is 0.963 bits per heavy atom. The van der Waals surface area contributed by atoms with Crippen LogP contribution in [0, 0.1) is 23.5 Å². The highest BCUT2D eigenvalue weighted by molar-refractivity contribution is 7.89. The van der Waals surface area contributed by atoms with Crippen LogP contribution in [0.15, 0.2) is 47.4 Å². The van der Waals surface area contributed by atoms with E-state index in [-0.39, 0.29) is 34.4 Å². The average Bonchev–Trinajstić information content (AvgIpc) is 2.83. The van der Waals surface area contributed by atoms with Crippen LogP contribution in [0.3, 0.4) is 0 Å². The van der Waals surface area contributed by atoms with Crippen LogP contribution in [-0.4, -0.2) is 25.7 Å². The minimum absolute atomic E-state index is 0.104. The molecule has 2 aromatic carbocycles. The van der Waals surface area contributed by atoms with Gasteiger partial charge in [0.25, 0.3) is 0 Å². The molecule has 2 atom stereocenters. The molecular weight excluding hydrogens is 372 g/mol. The highest BCUT2D eigenvalue weighted by Gasteiger charge is 2.42. The van der Waals surface area contributed by atoms with E-state index in [1.165, 1.54) is 30.3 Å². The number of sulfonamides is 1. The summed E-state index contributed by atoms with van der Waals surface area (Å²) in [6, 6.07) is 8.99. The van der Waals surface area contributed by atoms with Crippen LogP contribution in [0.25, 0.3) is 11.1 Å². The third-order valence-corrected chi connectivity index (χ3v) is 7.31. The molecule has 7 heteroatoms. The van der Waals surface area contributed by atoms with E-state index in [0.29, 0.717) is 18.4 Å². The summed E-state index contributed by atoms with van der Waals surface area (Å²) in [6.07, 6.45) is 2.88. The summed E-state index contributed by atoms with van der Waals surface area (Å²) in [4.78, 5) is 0.104. The molecule has 144 valence electrons. The van der Waals surface area contributed by atoms with Gasteiger partial charge in [-0.2, -0.15) is 0 Å². The van der Waals surface area contributed by atoms with Crippen molar-refractivity contribution in [2.45, 2.75) is 42.7 Å². The van der Waals surface area contributed by atoms with Crippen LogP contribution in [0.5, 0.6) is 0 Å².